The van der Waals surface area contributed by atoms with Crippen LogP contribution in [0.1, 0.15) is 0 Å². The summed E-state index contributed by atoms with van der Waals surface area (Å²) in [4.78, 5) is 4.19. The van der Waals surface area contributed by atoms with E-state index in [9.17, 15) is 0 Å². The topological polar surface area (TPSA) is 57.4 Å². The predicted octanol–water partition coefficient (Wildman–Crippen LogP) is 1.90. The zero-order valence-corrected chi connectivity index (χ0v) is 9.21. The molecule has 0 amide bonds. The van der Waals surface area contributed by atoms with E-state index in [1.807, 2.05) is 12.1 Å². The number of aromatic nitrogens is 1. The highest BCUT2D eigenvalue weighted by Gasteiger charge is 2.07. The highest BCUT2D eigenvalue weighted by molar-refractivity contribution is 7.16. The number of anilines is 1. The van der Waals surface area contributed by atoms with Crippen LogP contribution in [0.15, 0.2) is 17.6 Å². The Balaban J connectivity index is 2.23. The van der Waals surface area contributed by atoms with Gasteiger partial charge in [0.2, 0.25) is 0 Å². The monoisotopic (exact) mass is 224 g/mol. The summed E-state index contributed by atoms with van der Waals surface area (Å²) >= 11 is 1.57. The zero-order valence-electron chi connectivity index (χ0n) is 8.40. The third-order valence-electron chi connectivity index (χ3n) is 2.05. The first-order chi connectivity index (χ1) is 7.33. The third kappa shape index (κ3) is 2.03. The molecule has 1 heterocycles. The van der Waals surface area contributed by atoms with E-state index < -0.39 is 0 Å². The Morgan fingerprint density at radius 3 is 3.07 bits per heavy atom. The average Bonchev–Trinajstić information content (AvgIpc) is 2.70. The lowest BCUT2D eigenvalue weighted by molar-refractivity contribution is 0.147. The van der Waals surface area contributed by atoms with E-state index in [4.69, 9.17) is 15.2 Å². The van der Waals surface area contributed by atoms with Gasteiger partial charge in [-0.25, -0.2) is 4.98 Å². The largest absolute Gasteiger partial charge is 0.489 e. The second kappa shape index (κ2) is 4.46. The fourth-order valence-corrected chi connectivity index (χ4v) is 1.99. The molecule has 0 atom stereocenters. The number of hydrogen-bond donors (Lipinski definition) is 1. The van der Waals surface area contributed by atoms with Gasteiger partial charge in [0.1, 0.15) is 23.6 Å². The molecule has 0 unspecified atom stereocenters. The van der Waals surface area contributed by atoms with Gasteiger partial charge in [0.25, 0.3) is 0 Å². The molecule has 0 aliphatic carbocycles. The van der Waals surface area contributed by atoms with Gasteiger partial charge in [0.15, 0.2) is 0 Å². The second-order valence-corrected chi connectivity index (χ2v) is 3.90. The van der Waals surface area contributed by atoms with E-state index in [0.29, 0.717) is 24.7 Å². The summed E-state index contributed by atoms with van der Waals surface area (Å²) in [6, 6.07) is 3.83. The zero-order chi connectivity index (χ0) is 10.7. The molecule has 5 heteroatoms. The summed E-state index contributed by atoms with van der Waals surface area (Å²) in [6.07, 6.45) is 0. The van der Waals surface area contributed by atoms with Crippen molar-refractivity contribution in [2.45, 2.75) is 0 Å². The fraction of sp³-hybridized carbons (Fsp3) is 0.300. The molecule has 0 aliphatic heterocycles. The van der Waals surface area contributed by atoms with Crippen molar-refractivity contribution in [3.8, 4) is 5.75 Å². The van der Waals surface area contributed by atoms with Crippen molar-refractivity contribution in [3.63, 3.8) is 0 Å². The van der Waals surface area contributed by atoms with Crippen LogP contribution in [0, 0.1) is 0 Å². The van der Waals surface area contributed by atoms with Crippen molar-refractivity contribution >= 4 is 27.2 Å². The Morgan fingerprint density at radius 2 is 2.27 bits per heavy atom. The number of methoxy groups -OCH3 is 1. The lowest BCUT2D eigenvalue weighted by Gasteiger charge is -2.08. The van der Waals surface area contributed by atoms with E-state index >= 15 is 0 Å². The van der Waals surface area contributed by atoms with Crippen molar-refractivity contribution in [3.05, 3.63) is 17.6 Å². The Morgan fingerprint density at radius 1 is 1.40 bits per heavy atom. The molecule has 2 aromatic rings. The number of nitrogens with zero attached hydrogens (tertiary/aromatic N) is 1. The maximum atomic E-state index is 5.92. The van der Waals surface area contributed by atoms with E-state index in [1.165, 1.54) is 0 Å². The molecule has 80 valence electrons. The van der Waals surface area contributed by atoms with Gasteiger partial charge in [-0.2, -0.15) is 0 Å². The molecule has 0 aliphatic rings. The van der Waals surface area contributed by atoms with Gasteiger partial charge in [-0.1, -0.05) is 0 Å². The number of ether oxygens (including phenoxy) is 2. The highest BCUT2D eigenvalue weighted by Crippen LogP contribution is 2.31. The van der Waals surface area contributed by atoms with Crippen LogP contribution in [0.2, 0.25) is 0 Å². The van der Waals surface area contributed by atoms with E-state index in [0.717, 1.165) is 10.2 Å². The van der Waals surface area contributed by atoms with Gasteiger partial charge in [0, 0.05) is 7.11 Å². The van der Waals surface area contributed by atoms with Crippen LogP contribution < -0.4 is 10.5 Å². The average molecular weight is 224 g/mol. The van der Waals surface area contributed by atoms with E-state index in [-0.39, 0.29) is 0 Å². The molecule has 0 spiro atoms. The van der Waals surface area contributed by atoms with Gasteiger partial charge >= 0.3 is 0 Å². The fourth-order valence-electron chi connectivity index (χ4n) is 1.29. The number of hydrogen-bond acceptors (Lipinski definition) is 5. The van der Waals surface area contributed by atoms with E-state index in [1.54, 1.807) is 24.0 Å². The normalized spacial score (nSPS) is 10.7. The van der Waals surface area contributed by atoms with Crippen LogP contribution in [0.4, 0.5) is 5.69 Å². The Bertz CT molecular complexity index is 456. The van der Waals surface area contributed by atoms with Crippen molar-refractivity contribution in [1.82, 2.24) is 4.98 Å². The minimum Gasteiger partial charge on any atom is -0.489 e. The van der Waals surface area contributed by atoms with E-state index in [2.05, 4.69) is 4.98 Å². The first kappa shape index (κ1) is 10.2. The minimum atomic E-state index is 0.496. The summed E-state index contributed by atoms with van der Waals surface area (Å²) < 4.78 is 11.4. The molecule has 0 saturated carbocycles. The predicted molar refractivity (Wildman–Crippen MR) is 61.4 cm³/mol. The molecule has 15 heavy (non-hydrogen) atoms. The van der Waals surface area contributed by atoms with Crippen LogP contribution in [0.3, 0.4) is 0 Å². The minimum absolute atomic E-state index is 0.496. The van der Waals surface area contributed by atoms with Crippen LogP contribution >= 0.6 is 11.3 Å². The molecule has 0 saturated heterocycles. The summed E-state index contributed by atoms with van der Waals surface area (Å²) in [5, 5.41) is 0. The van der Waals surface area contributed by atoms with Crippen LogP contribution in [-0.4, -0.2) is 25.3 Å². The molecule has 0 radical (unpaired) electrons. The molecule has 1 aromatic carbocycles. The molecular formula is C10H12N2O2S. The Labute approximate surface area is 91.6 Å². The maximum absolute atomic E-state index is 5.92. The number of nitrogen functional groups attached to an aromatic ring is 1. The molecule has 0 fully saturated rings. The molecule has 2 rings (SSSR count). The molecule has 1 aromatic heterocycles. The van der Waals surface area contributed by atoms with Crippen molar-refractivity contribution in [2.24, 2.45) is 0 Å². The highest BCUT2D eigenvalue weighted by atomic mass is 32.1. The number of nitrogens with two attached hydrogens (primary N) is 1. The van der Waals surface area contributed by atoms with Crippen molar-refractivity contribution in [1.29, 1.82) is 0 Å². The van der Waals surface area contributed by atoms with Crippen molar-refractivity contribution < 1.29 is 9.47 Å². The molecule has 2 N–H and O–H groups in total. The third-order valence-corrected chi connectivity index (χ3v) is 2.84. The van der Waals surface area contributed by atoms with Gasteiger partial charge in [0.05, 0.1) is 16.8 Å². The molecule has 4 nitrogen and oxygen atoms in total. The summed E-state index contributed by atoms with van der Waals surface area (Å²) in [5.41, 5.74) is 9.12. The Hall–Kier alpha value is -1.33. The first-order valence-electron chi connectivity index (χ1n) is 4.56. The van der Waals surface area contributed by atoms with Crippen LogP contribution in [0.5, 0.6) is 5.75 Å². The van der Waals surface area contributed by atoms with Crippen molar-refractivity contribution in [2.75, 3.05) is 26.1 Å². The molecular weight excluding hydrogens is 212 g/mol. The quantitative estimate of drug-likeness (QED) is 0.636. The lowest BCUT2D eigenvalue weighted by Crippen LogP contribution is -2.05. The number of fused-ring (bicyclic) bond motifs is 1. The summed E-state index contributed by atoms with van der Waals surface area (Å²) in [7, 11) is 1.64. The number of thiazole rings is 1. The standard InChI is InChI=1S/C10H12N2O2S/c1-13-4-5-14-7-2-3-8-10(9(7)11)12-6-15-8/h2-3,6H,4-5,11H2,1H3. The maximum Gasteiger partial charge on any atom is 0.144 e. The SMILES string of the molecule is COCCOc1ccc2scnc2c1N. The summed E-state index contributed by atoms with van der Waals surface area (Å²) in [5.74, 6) is 0.672. The Kier molecular flexibility index (Phi) is 3.03. The number of benzene rings is 1. The van der Waals surface area contributed by atoms with Gasteiger partial charge in [-0.05, 0) is 12.1 Å². The second-order valence-electron chi connectivity index (χ2n) is 3.02. The van der Waals surface area contributed by atoms with Gasteiger partial charge in [-0.15, -0.1) is 11.3 Å². The summed E-state index contributed by atoms with van der Waals surface area (Å²) in [6.45, 7) is 1.05. The number of rotatable bonds is 4. The molecule has 0 bridgehead atoms. The van der Waals surface area contributed by atoms with Gasteiger partial charge in [-0.3, -0.25) is 0 Å². The van der Waals surface area contributed by atoms with Crippen LogP contribution in [-0.2, 0) is 4.74 Å². The first-order valence-corrected chi connectivity index (χ1v) is 5.44. The van der Waals surface area contributed by atoms with Gasteiger partial charge < -0.3 is 15.2 Å². The smallest absolute Gasteiger partial charge is 0.144 e. The lowest BCUT2D eigenvalue weighted by atomic mass is 10.2. The van der Waals surface area contributed by atoms with Crippen LogP contribution in [0.25, 0.3) is 10.2 Å².